The molecule has 23 nitrogen and oxygen atoms in total. The Morgan fingerprint density at radius 2 is 1.14 bits per heavy atom. The number of aliphatic carboxylic acids is 1. The molecule has 0 spiro atoms. The third kappa shape index (κ3) is 13.3. The number of ketones is 2. The fourth-order valence-electron chi connectivity index (χ4n) is 8.57. The number of methoxy groups -OCH3 is 2. The maximum atomic E-state index is 13.4. The molecule has 8 aromatic rings. The number of pyridine rings is 2. The molecule has 26 heteroatoms. The van der Waals surface area contributed by atoms with Crippen LogP contribution in [0, 0.1) is 13.8 Å². The number of amides is 3. The molecule has 10 rings (SSSR count). The first kappa shape index (κ1) is 57.1. The van der Waals surface area contributed by atoms with Crippen LogP contribution in [0.4, 0.5) is 4.39 Å². The van der Waals surface area contributed by atoms with Gasteiger partial charge in [-0.05, 0) is 52.0 Å². The molecule has 2 saturated heterocycles. The minimum Gasteiger partial charge on any atom is -0.494 e. The van der Waals surface area contributed by atoms with Crippen LogP contribution in [0.5, 0.6) is 11.5 Å². The van der Waals surface area contributed by atoms with E-state index in [0.717, 1.165) is 25.2 Å². The number of hydrogen-bond acceptors (Lipinski definition) is 15. The van der Waals surface area contributed by atoms with Crippen molar-refractivity contribution in [1.82, 2.24) is 69.5 Å². The molecule has 2 aliphatic rings. The number of H-pyrrole nitrogens is 2. The molecule has 3 amide bonds. The van der Waals surface area contributed by atoms with Crippen LogP contribution >= 0.6 is 23.2 Å². The Balaban J connectivity index is 0.000000199. The van der Waals surface area contributed by atoms with Crippen LogP contribution in [0.1, 0.15) is 68.3 Å². The number of halogens is 3. The smallest absolute Gasteiger partial charge is 0.377 e. The average Bonchev–Trinajstić information content (AvgIpc) is 4.34. The highest BCUT2D eigenvalue weighted by atomic mass is 35.5. The summed E-state index contributed by atoms with van der Waals surface area (Å²) in [6, 6.07) is 18.5. The number of aromatic nitrogens is 10. The fourth-order valence-corrected chi connectivity index (χ4v) is 8.57. The van der Waals surface area contributed by atoms with Gasteiger partial charge in [-0.2, -0.15) is 10.2 Å². The van der Waals surface area contributed by atoms with Gasteiger partial charge in [-0.25, -0.2) is 34.1 Å². The van der Waals surface area contributed by atoms with Crippen LogP contribution in [0.25, 0.3) is 33.4 Å². The van der Waals surface area contributed by atoms with Crippen molar-refractivity contribution in [3.05, 3.63) is 132 Å². The number of rotatable bonds is 10. The van der Waals surface area contributed by atoms with Gasteiger partial charge in [0, 0.05) is 74.9 Å². The van der Waals surface area contributed by atoms with Gasteiger partial charge < -0.3 is 44.6 Å². The zero-order valence-electron chi connectivity index (χ0n) is 44.5. The van der Waals surface area contributed by atoms with E-state index >= 15 is 0 Å². The number of ether oxygens (including phenoxy) is 2. The zero-order valence-corrected chi connectivity index (χ0v) is 45.0. The molecule has 0 saturated carbocycles. The third-order valence-electron chi connectivity index (χ3n) is 12.3. The van der Waals surface area contributed by atoms with Gasteiger partial charge in [-0.3, -0.25) is 28.4 Å². The van der Waals surface area contributed by atoms with E-state index in [1.54, 1.807) is 30.9 Å². The number of fused-ring (bicyclic) bond motifs is 2. The van der Waals surface area contributed by atoms with Crippen molar-refractivity contribution in [2.45, 2.75) is 39.8 Å². The third-order valence-corrected chi connectivity index (χ3v) is 12.3. The molecule has 0 bridgehead atoms. The van der Waals surface area contributed by atoms with Gasteiger partial charge in [-0.15, -0.1) is 23.2 Å². The van der Waals surface area contributed by atoms with Gasteiger partial charge in [0.25, 0.3) is 29.3 Å². The fraction of sp³-hybridized carbons (Fsp3) is 0.308. The monoisotopic (exact) mass is 1110 g/mol. The molecule has 8 heterocycles. The minimum absolute atomic E-state index is 0.000151. The second kappa shape index (κ2) is 27.4. The van der Waals surface area contributed by atoms with Crippen LogP contribution in [0.3, 0.4) is 0 Å². The summed E-state index contributed by atoms with van der Waals surface area (Å²) in [7, 11) is 3.39. The normalized spacial score (nSPS) is 15.0. The van der Waals surface area contributed by atoms with Crippen molar-refractivity contribution in [3.63, 3.8) is 0 Å². The number of carboxylic acids is 1. The van der Waals surface area contributed by atoms with Crippen LogP contribution in [0.15, 0.2) is 98.1 Å². The maximum Gasteiger partial charge on any atom is 0.377 e. The Bertz CT molecular complexity index is 3410. The number of hydrogen-bond donors (Lipinski definition) is 4. The van der Waals surface area contributed by atoms with E-state index in [4.69, 9.17) is 39.2 Å². The van der Waals surface area contributed by atoms with Gasteiger partial charge in [0.2, 0.25) is 0 Å². The maximum absolute atomic E-state index is 13.4. The van der Waals surface area contributed by atoms with E-state index < -0.39 is 28.8 Å². The van der Waals surface area contributed by atoms with Gasteiger partial charge >= 0.3 is 5.97 Å². The molecule has 0 unspecified atom stereocenters. The molecule has 0 aliphatic carbocycles. The predicted octanol–water partition coefficient (Wildman–Crippen LogP) is 5.87. The lowest BCUT2D eigenvalue weighted by Gasteiger charge is -2.39. The summed E-state index contributed by atoms with van der Waals surface area (Å²) in [6.45, 7) is 10.9. The van der Waals surface area contributed by atoms with E-state index in [9.17, 15) is 33.2 Å². The van der Waals surface area contributed by atoms with Crippen molar-refractivity contribution in [3.8, 4) is 23.1 Å². The van der Waals surface area contributed by atoms with Gasteiger partial charge in [0.15, 0.2) is 11.6 Å². The van der Waals surface area contributed by atoms with Gasteiger partial charge in [0.1, 0.15) is 35.8 Å². The number of carbonyl (C=O) groups is 6. The molecule has 78 heavy (non-hydrogen) atoms. The molecule has 410 valence electrons. The van der Waals surface area contributed by atoms with Crippen molar-refractivity contribution in [2.24, 2.45) is 0 Å². The molecular formula is C52H57Cl2FN14O9. The van der Waals surface area contributed by atoms with E-state index in [2.05, 4.69) is 52.3 Å². The van der Waals surface area contributed by atoms with Gasteiger partial charge in [0.05, 0.1) is 73.4 Å². The highest BCUT2D eigenvalue weighted by Gasteiger charge is 2.35. The lowest BCUT2D eigenvalue weighted by Crippen LogP contribution is -2.56. The molecule has 4 N–H and O–H groups in total. The van der Waals surface area contributed by atoms with Crippen LogP contribution in [-0.4, -0.2) is 183 Å². The number of aryl methyl sites for hydroxylation is 2. The van der Waals surface area contributed by atoms with Crippen LogP contribution in [0.2, 0.25) is 0 Å². The number of carbonyl (C=O) groups excluding carboxylic acids is 5. The molecule has 2 atom stereocenters. The number of carboxylic acid groups (broad SMARTS) is 1. The summed E-state index contributed by atoms with van der Waals surface area (Å²) < 4.78 is 29.2. The second-order valence-corrected chi connectivity index (χ2v) is 17.8. The number of alkyl halides is 3. The number of nitrogens with zero attached hydrogens (tertiary/aromatic N) is 11. The molecule has 6 aromatic heterocycles. The Labute approximate surface area is 458 Å². The van der Waals surface area contributed by atoms with E-state index in [-0.39, 0.29) is 48.1 Å². The Morgan fingerprint density at radius 3 is 1.54 bits per heavy atom. The second-order valence-electron chi connectivity index (χ2n) is 17.1. The molecule has 2 aliphatic heterocycles. The number of aromatic amines is 2. The van der Waals surface area contributed by atoms with E-state index in [0.29, 0.717) is 75.9 Å². The number of Topliss-reactive ketones (excluding diaryl/α,β-unsaturated/α-hetero) is 2. The minimum atomic E-state index is -1.54. The standard InChI is InChI=1S/C25H25N7O4.C13H11N5O4.C12H16N2O.CH2Cl2.CH3F/c1-15-13-30(9-10-31(15)24(34)17-7-5-4-6-8-17)25(35)22(33)18-11-26-21-20(18)19(36-3)12-27-23(21)32-14-28-16(2)29-32;1-6-16-5-18(17-6)12-10-9(8(22-2)4-15-12)7(3-14-10)11(19)13(20)21;1-10-9-13-7-8-14(10)12(15)11-5-3-2-4-6-11;2-1-3;1-2/h4-8,11-12,14-15,26H,9-10,13H2,1-3H3;3-5,14H,1-2H3,(H,20,21);2-6,10,13H,7-9H2,1H3;1H2;1H3/t15-;;10-;;/m1.1../s1/i;;;1D;. The first-order valence-corrected chi connectivity index (χ1v) is 24.8. The Hall–Kier alpha value is -8.61. The van der Waals surface area contributed by atoms with Crippen molar-refractivity contribution in [1.29, 1.82) is 0 Å². The van der Waals surface area contributed by atoms with Crippen molar-refractivity contribution < 1.29 is 49.1 Å². The summed E-state index contributed by atoms with van der Waals surface area (Å²) in [6.07, 6.45) is 8.69. The summed E-state index contributed by atoms with van der Waals surface area (Å²) in [4.78, 5) is 102. The Kier molecular flexibility index (Phi) is 20.1. The first-order chi connectivity index (χ1) is 37.9. The van der Waals surface area contributed by atoms with Gasteiger partial charge in [-0.1, -0.05) is 36.4 Å². The molecular weight excluding hydrogens is 1050 g/mol. The summed E-state index contributed by atoms with van der Waals surface area (Å²) in [5, 5.41) is 20.5. The van der Waals surface area contributed by atoms with E-state index in [1.807, 2.05) is 60.4 Å². The highest BCUT2D eigenvalue weighted by Crippen LogP contribution is 2.33. The number of benzene rings is 2. The summed E-state index contributed by atoms with van der Waals surface area (Å²) in [5.41, 5.74) is 2.50. The van der Waals surface area contributed by atoms with Crippen molar-refractivity contribution in [2.75, 3.05) is 66.0 Å². The van der Waals surface area contributed by atoms with E-state index in [1.165, 1.54) is 65.9 Å². The highest BCUT2D eigenvalue weighted by molar-refractivity contribution is 6.45. The Morgan fingerprint density at radius 1 is 0.692 bits per heavy atom. The SMILES string of the molecule is CF.COc1cnc(-n2cnc(C)n2)c2[nH]cc(C(=O)C(=O)N3CCN(C(=O)c4ccccc4)[C@H](C)C3)c12.COc1cnc(-n2cnc(C)n2)c2[nH]cc(C(=O)C(=O)O)c12.C[C@@H]1CNCCN1C(=O)c1ccccc1.[2H]C(Cl)Cl. The summed E-state index contributed by atoms with van der Waals surface area (Å²) in [5.74, 6) is -1.23. The predicted molar refractivity (Wildman–Crippen MR) is 288 cm³/mol. The van der Waals surface area contributed by atoms with Crippen LogP contribution in [-0.2, 0) is 9.59 Å². The van der Waals surface area contributed by atoms with Crippen LogP contribution < -0.4 is 14.8 Å². The van der Waals surface area contributed by atoms with Crippen molar-refractivity contribution >= 4 is 80.3 Å². The zero-order chi connectivity index (χ0) is 57.5. The lowest BCUT2D eigenvalue weighted by atomic mass is 10.1. The topological polar surface area (TPSA) is 282 Å². The largest absolute Gasteiger partial charge is 0.494 e. The molecule has 2 fully saturated rings. The lowest BCUT2D eigenvalue weighted by molar-refractivity contribution is -0.132. The first-order valence-electron chi connectivity index (χ1n) is 24.5. The quantitative estimate of drug-likeness (QED) is 0.0708. The number of piperazine rings is 2. The average molecular weight is 1110 g/mol. The molecule has 2 aromatic carbocycles. The molecule has 0 radical (unpaired) electrons. The number of nitrogens with one attached hydrogen (secondary N) is 3. The summed E-state index contributed by atoms with van der Waals surface area (Å²) >= 11 is 9.41.